The van der Waals surface area contributed by atoms with Crippen LogP contribution < -0.4 is 4.74 Å². The van der Waals surface area contributed by atoms with E-state index in [0.29, 0.717) is 0 Å². The van der Waals surface area contributed by atoms with E-state index >= 15 is 0 Å². The van der Waals surface area contributed by atoms with Gasteiger partial charge in [0.1, 0.15) is 5.75 Å². The van der Waals surface area contributed by atoms with E-state index < -0.39 is 0 Å². The molecule has 17 heavy (non-hydrogen) atoms. The van der Waals surface area contributed by atoms with Crippen LogP contribution in [0.1, 0.15) is 11.1 Å². The number of benzene rings is 2. The number of rotatable bonds is 3. The predicted octanol–water partition coefficient (Wildman–Crippen LogP) is 3.75. The standard InChI is InChI=1S/C15H15NO/c1-12-6-3-4-7-13(12)11-16-14-8-5-9-15(10-14)17-2/h3-11H,1-2H3/b16-11+. The van der Waals surface area contributed by atoms with E-state index in [4.69, 9.17) is 4.74 Å². The zero-order valence-electron chi connectivity index (χ0n) is 10.1. The maximum absolute atomic E-state index is 5.16. The zero-order valence-corrected chi connectivity index (χ0v) is 10.1. The first-order valence-corrected chi connectivity index (χ1v) is 5.53. The van der Waals surface area contributed by atoms with E-state index in [1.807, 2.05) is 42.6 Å². The summed E-state index contributed by atoms with van der Waals surface area (Å²) in [6.45, 7) is 2.08. The molecule has 0 unspecified atom stereocenters. The Hall–Kier alpha value is -2.09. The van der Waals surface area contributed by atoms with Crippen molar-refractivity contribution in [3.05, 3.63) is 59.7 Å². The highest BCUT2D eigenvalue weighted by molar-refractivity contribution is 5.83. The second kappa shape index (κ2) is 5.30. The average molecular weight is 225 g/mol. The number of ether oxygens (including phenoxy) is 1. The van der Waals surface area contributed by atoms with E-state index in [1.54, 1.807) is 7.11 Å². The van der Waals surface area contributed by atoms with Crippen molar-refractivity contribution < 1.29 is 4.74 Å². The van der Waals surface area contributed by atoms with Crippen molar-refractivity contribution in [2.45, 2.75) is 6.92 Å². The van der Waals surface area contributed by atoms with Gasteiger partial charge in [-0.2, -0.15) is 0 Å². The van der Waals surface area contributed by atoms with Crippen molar-refractivity contribution in [2.75, 3.05) is 7.11 Å². The molecule has 0 saturated heterocycles. The third-order valence-electron chi connectivity index (χ3n) is 2.59. The number of aliphatic imine (C=N–C) groups is 1. The van der Waals surface area contributed by atoms with Gasteiger partial charge in [0.25, 0.3) is 0 Å². The fourth-order valence-corrected chi connectivity index (χ4v) is 1.57. The molecule has 0 N–H and O–H groups in total. The van der Waals surface area contributed by atoms with Crippen LogP contribution in [0.25, 0.3) is 0 Å². The summed E-state index contributed by atoms with van der Waals surface area (Å²) in [4.78, 5) is 4.44. The quantitative estimate of drug-likeness (QED) is 0.729. The molecule has 2 nitrogen and oxygen atoms in total. The van der Waals surface area contributed by atoms with E-state index in [-0.39, 0.29) is 0 Å². The molecule has 0 atom stereocenters. The van der Waals surface area contributed by atoms with E-state index in [2.05, 4.69) is 24.0 Å². The summed E-state index contributed by atoms with van der Waals surface area (Å²) < 4.78 is 5.16. The van der Waals surface area contributed by atoms with Crippen LogP contribution in [0.15, 0.2) is 53.5 Å². The van der Waals surface area contributed by atoms with Crippen molar-refractivity contribution in [1.82, 2.24) is 0 Å². The van der Waals surface area contributed by atoms with Crippen molar-refractivity contribution in [2.24, 2.45) is 4.99 Å². The van der Waals surface area contributed by atoms with Gasteiger partial charge >= 0.3 is 0 Å². The summed E-state index contributed by atoms with van der Waals surface area (Å²) >= 11 is 0. The number of methoxy groups -OCH3 is 1. The lowest BCUT2D eigenvalue weighted by Gasteiger charge is -2.01. The van der Waals surface area contributed by atoms with Gasteiger partial charge in [0.05, 0.1) is 12.8 Å². The highest BCUT2D eigenvalue weighted by atomic mass is 16.5. The highest BCUT2D eigenvalue weighted by Crippen LogP contribution is 2.19. The van der Waals surface area contributed by atoms with Crippen molar-refractivity contribution in [3.8, 4) is 5.75 Å². The maximum Gasteiger partial charge on any atom is 0.121 e. The SMILES string of the molecule is COc1cccc(/N=C/c2ccccc2C)c1. The van der Waals surface area contributed by atoms with Gasteiger partial charge in [0.2, 0.25) is 0 Å². The second-order valence-electron chi connectivity index (χ2n) is 3.82. The fourth-order valence-electron chi connectivity index (χ4n) is 1.57. The minimum absolute atomic E-state index is 0.824. The van der Waals surface area contributed by atoms with Crippen LogP contribution in [0.5, 0.6) is 5.75 Å². The maximum atomic E-state index is 5.16. The third kappa shape index (κ3) is 2.94. The van der Waals surface area contributed by atoms with Crippen LogP contribution in [-0.2, 0) is 0 Å². The van der Waals surface area contributed by atoms with Crippen molar-refractivity contribution in [1.29, 1.82) is 0 Å². The van der Waals surface area contributed by atoms with Gasteiger partial charge in [-0.3, -0.25) is 4.99 Å². The Labute approximate surface area is 102 Å². The molecule has 0 amide bonds. The Morgan fingerprint density at radius 2 is 1.88 bits per heavy atom. The largest absolute Gasteiger partial charge is 0.497 e. The molecule has 2 aromatic rings. The van der Waals surface area contributed by atoms with E-state index in [1.165, 1.54) is 5.56 Å². The van der Waals surface area contributed by atoms with Crippen LogP contribution in [0.3, 0.4) is 0 Å². The van der Waals surface area contributed by atoms with Gasteiger partial charge < -0.3 is 4.74 Å². The molecule has 0 bridgehead atoms. The van der Waals surface area contributed by atoms with E-state index in [9.17, 15) is 0 Å². The van der Waals surface area contributed by atoms with Gasteiger partial charge in [0.15, 0.2) is 0 Å². The lowest BCUT2D eigenvalue weighted by molar-refractivity contribution is 0.415. The number of hydrogen-bond acceptors (Lipinski definition) is 2. The molecule has 0 aliphatic rings. The molecule has 0 saturated carbocycles. The van der Waals surface area contributed by atoms with Crippen molar-refractivity contribution in [3.63, 3.8) is 0 Å². The molecular formula is C15H15NO. The normalized spacial score (nSPS) is 10.7. The van der Waals surface area contributed by atoms with Gasteiger partial charge in [-0.15, -0.1) is 0 Å². The summed E-state index contributed by atoms with van der Waals surface area (Å²) in [6.07, 6.45) is 1.88. The first kappa shape index (κ1) is 11.4. The summed E-state index contributed by atoms with van der Waals surface area (Å²) in [5.74, 6) is 0.824. The molecule has 0 radical (unpaired) electrons. The monoisotopic (exact) mass is 225 g/mol. The van der Waals surface area contributed by atoms with Gasteiger partial charge in [-0.05, 0) is 30.2 Å². The minimum atomic E-state index is 0.824. The Balaban J connectivity index is 2.23. The molecular weight excluding hydrogens is 210 g/mol. The molecule has 2 rings (SSSR count). The second-order valence-corrected chi connectivity index (χ2v) is 3.82. The summed E-state index contributed by atoms with van der Waals surface area (Å²) in [7, 11) is 1.66. The first-order valence-electron chi connectivity index (χ1n) is 5.53. The summed E-state index contributed by atoms with van der Waals surface area (Å²) in [6, 6.07) is 15.9. The summed E-state index contributed by atoms with van der Waals surface area (Å²) in [5, 5.41) is 0. The molecule has 2 heteroatoms. The predicted molar refractivity (Wildman–Crippen MR) is 71.4 cm³/mol. The lowest BCUT2D eigenvalue weighted by atomic mass is 10.1. The van der Waals surface area contributed by atoms with Crippen LogP contribution in [-0.4, -0.2) is 13.3 Å². The lowest BCUT2D eigenvalue weighted by Crippen LogP contribution is -1.85. The molecule has 86 valence electrons. The first-order chi connectivity index (χ1) is 8.29. The summed E-state index contributed by atoms with van der Waals surface area (Å²) in [5.41, 5.74) is 3.25. The number of nitrogens with zero attached hydrogens (tertiary/aromatic N) is 1. The Bertz CT molecular complexity index is 532. The third-order valence-corrected chi connectivity index (χ3v) is 2.59. The minimum Gasteiger partial charge on any atom is -0.497 e. The Kier molecular flexibility index (Phi) is 3.55. The molecule has 0 aromatic heterocycles. The fraction of sp³-hybridized carbons (Fsp3) is 0.133. The van der Waals surface area contributed by atoms with Gasteiger partial charge in [0, 0.05) is 12.3 Å². The van der Waals surface area contributed by atoms with Crippen LogP contribution in [0.2, 0.25) is 0 Å². The van der Waals surface area contributed by atoms with Crippen LogP contribution in [0.4, 0.5) is 5.69 Å². The molecule has 0 aliphatic heterocycles. The Morgan fingerprint density at radius 3 is 2.65 bits per heavy atom. The molecule has 0 aliphatic carbocycles. The molecule has 2 aromatic carbocycles. The molecule has 0 spiro atoms. The smallest absolute Gasteiger partial charge is 0.121 e. The van der Waals surface area contributed by atoms with Crippen LogP contribution >= 0.6 is 0 Å². The highest BCUT2D eigenvalue weighted by Gasteiger charge is 1.94. The molecule has 0 heterocycles. The number of aryl methyl sites for hydroxylation is 1. The van der Waals surface area contributed by atoms with Gasteiger partial charge in [-0.25, -0.2) is 0 Å². The molecule has 0 fully saturated rings. The zero-order chi connectivity index (χ0) is 12.1. The van der Waals surface area contributed by atoms with Gasteiger partial charge in [-0.1, -0.05) is 30.3 Å². The van der Waals surface area contributed by atoms with Crippen LogP contribution in [0, 0.1) is 6.92 Å². The Morgan fingerprint density at radius 1 is 1.06 bits per heavy atom. The van der Waals surface area contributed by atoms with E-state index in [0.717, 1.165) is 17.0 Å². The average Bonchev–Trinajstić information content (AvgIpc) is 2.38. The topological polar surface area (TPSA) is 21.6 Å². The van der Waals surface area contributed by atoms with Crippen molar-refractivity contribution >= 4 is 11.9 Å². The number of hydrogen-bond donors (Lipinski definition) is 0.